The van der Waals surface area contributed by atoms with Crippen molar-refractivity contribution in [3.8, 4) is 0 Å². The van der Waals surface area contributed by atoms with Crippen LogP contribution >= 0.6 is 11.8 Å². The largest absolute Gasteiger partial charge is 0.310 e. The number of amides is 1. The maximum absolute atomic E-state index is 13.6. The first-order valence-electron chi connectivity index (χ1n) is 6.64. The van der Waals surface area contributed by atoms with Crippen LogP contribution in [0.5, 0.6) is 0 Å². The van der Waals surface area contributed by atoms with Gasteiger partial charge in [-0.1, -0.05) is 18.2 Å². The standard InChI is InChI=1S/C15H18FN3OS/c1-10-8-14(19(3)18-10)17-15(20)9-21-11(2)12-6-4-5-7-13(12)16/h4-8,11H,9H2,1-3H3,(H,17,20)/t11-/m0/s1. The van der Waals surface area contributed by atoms with Gasteiger partial charge in [-0.3, -0.25) is 9.48 Å². The molecule has 0 saturated carbocycles. The molecule has 2 aromatic rings. The third-order valence-electron chi connectivity index (χ3n) is 3.08. The minimum Gasteiger partial charge on any atom is -0.310 e. The number of thioether (sulfide) groups is 1. The first-order chi connectivity index (χ1) is 9.97. The Morgan fingerprint density at radius 3 is 2.81 bits per heavy atom. The summed E-state index contributed by atoms with van der Waals surface area (Å²) >= 11 is 1.40. The van der Waals surface area contributed by atoms with Crippen molar-refractivity contribution < 1.29 is 9.18 Å². The molecule has 0 unspecified atom stereocenters. The molecule has 112 valence electrons. The van der Waals surface area contributed by atoms with E-state index in [1.165, 1.54) is 17.8 Å². The highest BCUT2D eigenvalue weighted by Crippen LogP contribution is 2.29. The van der Waals surface area contributed by atoms with Crippen LogP contribution in [0.3, 0.4) is 0 Å². The van der Waals surface area contributed by atoms with Crippen LogP contribution in [-0.2, 0) is 11.8 Å². The average Bonchev–Trinajstić information content (AvgIpc) is 2.74. The number of benzene rings is 1. The molecule has 2 rings (SSSR count). The van der Waals surface area contributed by atoms with Gasteiger partial charge in [-0.15, -0.1) is 11.8 Å². The van der Waals surface area contributed by atoms with E-state index >= 15 is 0 Å². The smallest absolute Gasteiger partial charge is 0.235 e. The number of aromatic nitrogens is 2. The van der Waals surface area contributed by atoms with E-state index in [2.05, 4.69) is 10.4 Å². The van der Waals surface area contributed by atoms with E-state index in [1.807, 2.05) is 19.9 Å². The molecule has 1 heterocycles. The second-order valence-electron chi connectivity index (χ2n) is 4.82. The summed E-state index contributed by atoms with van der Waals surface area (Å²) in [6.07, 6.45) is 0. The van der Waals surface area contributed by atoms with Gasteiger partial charge in [0.25, 0.3) is 0 Å². The molecular formula is C15H18FN3OS. The molecule has 0 aliphatic carbocycles. The van der Waals surface area contributed by atoms with E-state index in [4.69, 9.17) is 0 Å². The highest BCUT2D eigenvalue weighted by atomic mass is 32.2. The molecule has 1 N–H and O–H groups in total. The number of nitrogens with zero attached hydrogens (tertiary/aromatic N) is 2. The summed E-state index contributed by atoms with van der Waals surface area (Å²) in [6.45, 7) is 3.76. The van der Waals surface area contributed by atoms with Gasteiger partial charge in [0.2, 0.25) is 5.91 Å². The third-order valence-corrected chi connectivity index (χ3v) is 4.26. The quantitative estimate of drug-likeness (QED) is 0.922. The average molecular weight is 307 g/mol. The van der Waals surface area contributed by atoms with E-state index in [0.717, 1.165) is 5.69 Å². The van der Waals surface area contributed by atoms with Gasteiger partial charge in [-0.05, 0) is 19.9 Å². The zero-order chi connectivity index (χ0) is 15.4. The lowest BCUT2D eigenvalue weighted by molar-refractivity contribution is -0.113. The van der Waals surface area contributed by atoms with Crippen LogP contribution in [0.25, 0.3) is 0 Å². The summed E-state index contributed by atoms with van der Waals surface area (Å²) in [5.41, 5.74) is 1.46. The van der Waals surface area contributed by atoms with E-state index in [0.29, 0.717) is 11.4 Å². The maximum Gasteiger partial charge on any atom is 0.235 e. The van der Waals surface area contributed by atoms with Crippen molar-refractivity contribution in [1.82, 2.24) is 9.78 Å². The lowest BCUT2D eigenvalue weighted by Crippen LogP contribution is -2.17. The molecular weight excluding hydrogens is 289 g/mol. The summed E-state index contributed by atoms with van der Waals surface area (Å²) in [5, 5.41) is 6.89. The molecule has 0 fully saturated rings. The maximum atomic E-state index is 13.6. The Kier molecular flexibility index (Phi) is 5.01. The van der Waals surface area contributed by atoms with Crippen molar-refractivity contribution in [1.29, 1.82) is 0 Å². The van der Waals surface area contributed by atoms with E-state index in [1.54, 1.807) is 29.9 Å². The summed E-state index contributed by atoms with van der Waals surface area (Å²) in [6, 6.07) is 8.45. The number of halogens is 1. The van der Waals surface area contributed by atoms with Gasteiger partial charge in [0.15, 0.2) is 0 Å². The number of nitrogens with one attached hydrogen (secondary N) is 1. The fourth-order valence-electron chi connectivity index (χ4n) is 2.00. The molecule has 1 aromatic heterocycles. The van der Waals surface area contributed by atoms with Crippen molar-refractivity contribution in [3.05, 3.63) is 47.4 Å². The van der Waals surface area contributed by atoms with E-state index in [-0.39, 0.29) is 22.7 Å². The van der Waals surface area contributed by atoms with Crippen molar-refractivity contribution in [3.63, 3.8) is 0 Å². The zero-order valence-electron chi connectivity index (χ0n) is 12.3. The summed E-state index contributed by atoms with van der Waals surface area (Å²) in [4.78, 5) is 11.9. The Morgan fingerprint density at radius 2 is 2.19 bits per heavy atom. The van der Waals surface area contributed by atoms with Gasteiger partial charge in [0, 0.05) is 23.9 Å². The number of carbonyl (C=O) groups excluding carboxylic acids is 1. The molecule has 0 spiro atoms. The number of aryl methyl sites for hydroxylation is 2. The Balaban J connectivity index is 1.89. The summed E-state index contributed by atoms with van der Waals surface area (Å²) in [7, 11) is 1.78. The number of anilines is 1. The first kappa shape index (κ1) is 15.6. The minimum absolute atomic E-state index is 0.0785. The molecule has 0 aliphatic rings. The predicted molar refractivity (Wildman–Crippen MR) is 83.8 cm³/mol. The fourth-order valence-corrected chi connectivity index (χ4v) is 2.85. The second-order valence-corrected chi connectivity index (χ2v) is 6.15. The van der Waals surface area contributed by atoms with Crippen LogP contribution in [0.4, 0.5) is 10.2 Å². The van der Waals surface area contributed by atoms with Crippen molar-refractivity contribution in [2.75, 3.05) is 11.1 Å². The highest BCUT2D eigenvalue weighted by Gasteiger charge is 2.13. The lowest BCUT2D eigenvalue weighted by Gasteiger charge is -2.12. The molecule has 0 aliphatic heterocycles. The highest BCUT2D eigenvalue weighted by molar-refractivity contribution is 8.00. The van der Waals surface area contributed by atoms with Gasteiger partial charge in [-0.2, -0.15) is 5.10 Å². The van der Waals surface area contributed by atoms with Crippen molar-refractivity contribution in [2.45, 2.75) is 19.1 Å². The molecule has 1 atom stereocenters. The monoisotopic (exact) mass is 307 g/mol. The predicted octanol–water partition coefficient (Wildman–Crippen LogP) is 3.30. The molecule has 6 heteroatoms. The molecule has 21 heavy (non-hydrogen) atoms. The number of hydrogen-bond acceptors (Lipinski definition) is 3. The van der Waals surface area contributed by atoms with Crippen molar-refractivity contribution >= 4 is 23.5 Å². The topological polar surface area (TPSA) is 46.9 Å². The normalized spacial score (nSPS) is 12.2. The Labute approximate surface area is 127 Å². The second kappa shape index (κ2) is 6.76. The Morgan fingerprint density at radius 1 is 1.48 bits per heavy atom. The third kappa shape index (κ3) is 4.07. The van der Waals surface area contributed by atoms with Gasteiger partial charge < -0.3 is 5.32 Å². The summed E-state index contributed by atoms with van der Waals surface area (Å²) < 4.78 is 15.3. The molecule has 0 radical (unpaired) electrons. The van der Waals surface area contributed by atoms with Crippen LogP contribution in [0, 0.1) is 12.7 Å². The lowest BCUT2D eigenvalue weighted by atomic mass is 10.1. The van der Waals surface area contributed by atoms with Crippen LogP contribution in [-0.4, -0.2) is 21.4 Å². The Hall–Kier alpha value is -1.82. The fraction of sp³-hybridized carbons (Fsp3) is 0.333. The number of hydrogen-bond donors (Lipinski definition) is 1. The number of rotatable bonds is 5. The zero-order valence-corrected chi connectivity index (χ0v) is 13.1. The minimum atomic E-state index is -0.236. The number of carbonyl (C=O) groups is 1. The molecule has 4 nitrogen and oxygen atoms in total. The van der Waals surface area contributed by atoms with E-state index in [9.17, 15) is 9.18 Å². The van der Waals surface area contributed by atoms with Crippen LogP contribution in [0.2, 0.25) is 0 Å². The van der Waals surface area contributed by atoms with Gasteiger partial charge in [0.1, 0.15) is 11.6 Å². The summed E-state index contributed by atoms with van der Waals surface area (Å²) in [5.74, 6) is 0.572. The van der Waals surface area contributed by atoms with Gasteiger partial charge in [-0.25, -0.2) is 4.39 Å². The first-order valence-corrected chi connectivity index (χ1v) is 7.68. The molecule has 0 saturated heterocycles. The van der Waals surface area contributed by atoms with Crippen LogP contribution in [0.15, 0.2) is 30.3 Å². The Bertz CT molecular complexity index is 642. The molecule has 1 aromatic carbocycles. The van der Waals surface area contributed by atoms with Crippen LogP contribution in [0.1, 0.15) is 23.4 Å². The van der Waals surface area contributed by atoms with Gasteiger partial charge in [0.05, 0.1) is 11.4 Å². The molecule has 0 bridgehead atoms. The SMILES string of the molecule is Cc1cc(NC(=O)CS[C@@H](C)c2ccccc2F)n(C)n1. The molecule has 1 amide bonds. The van der Waals surface area contributed by atoms with Gasteiger partial charge >= 0.3 is 0 Å². The van der Waals surface area contributed by atoms with E-state index < -0.39 is 0 Å². The van der Waals surface area contributed by atoms with Crippen molar-refractivity contribution in [2.24, 2.45) is 7.05 Å². The van der Waals surface area contributed by atoms with Crippen LogP contribution < -0.4 is 5.32 Å².